The Morgan fingerprint density at radius 1 is 0.377 bits per heavy atom. The lowest BCUT2D eigenvalue weighted by atomic mass is 10.1. The van der Waals surface area contributed by atoms with E-state index in [1.807, 2.05) is 136 Å². The quantitative estimate of drug-likeness (QED) is 0.0529. The van der Waals surface area contributed by atoms with Gasteiger partial charge in [0.1, 0.15) is 45.9 Å². The molecule has 0 radical (unpaired) electrons. The van der Waals surface area contributed by atoms with E-state index in [1.165, 1.54) is 25.7 Å². The third-order valence-electron chi connectivity index (χ3n) is 9.65. The van der Waals surface area contributed by atoms with Crippen molar-refractivity contribution >= 4 is 34.1 Å². The Labute approximate surface area is 359 Å². The zero-order chi connectivity index (χ0) is 42.8. The topological polar surface area (TPSA) is 120 Å². The molecule has 11 nitrogen and oxygen atoms in total. The molecule has 0 atom stereocenters. The van der Waals surface area contributed by atoms with E-state index in [2.05, 4.69) is 44.5 Å². The molecule has 0 unspecified atom stereocenters. The van der Waals surface area contributed by atoms with Gasteiger partial charge in [0.15, 0.2) is 0 Å². The number of nitrogens with zero attached hydrogens (tertiary/aromatic N) is 6. The maximum atomic E-state index is 6.08. The second kappa shape index (κ2) is 22.5. The molecule has 11 heteroatoms. The van der Waals surface area contributed by atoms with Gasteiger partial charge >= 0.3 is 0 Å². The van der Waals surface area contributed by atoms with Crippen molar-refractivity contribution < 1.29 is 23.7 Å². The van der Waals surface area contributed by atoms with Crippen molar-refractivity contribution in [3.63, 3.8) is 0 Å². The van der Waals surface area contributed by atoms with Crippen LogP contribution in [0.5, 0.6) is 40.2 Å². The van der Waals surface area contributed by atoms with Crippen LogP contribution in [0.4, 0.5) is 34.1 Å². The monoisotopic (exact) mass is 818 g/mol. The molecule has 314 valence electrons. The third-order valence-corrected chi connectivity index (χ3v) is 9.65. The first-order valence-corrected chi connectivity index (χ1v) is 20.9. The second-order valence-electron chi connectivity index (χ2n) is 14.6. The van der Waals surface area contributed by atoms with Crippen LogP contribution < -0.4 is 23.7 Å². The van der Waals surface area contributed by atoms with Gasteiger partial charge in [0.2, 0.25) is 0 Å². The number of hydrogen-bond acceptors (Lipinski definition) is 11. The van der Waals surface area contributed by atoms with Crippen molar-refractivity contribution in [2.75, 3.05) is 20.3 Å². The number of ether oxygens (including phenoxy) is 5. The molecule has 0 saturated carbocycles. The molecule has 0 fully saturated rings. The number of benzene rings is 6. The Hall–Kier alpha value is -6.88. The first-order chi connectivity index (χ1) is 29.8. The van der Waals surface area contributed by atoms with Crippen LogP contribution >= 0.6 is 0 Å². The van der Waals surface area contributed by atoms with Crippen LogP contribution in [0.3, 0.4) is 0 Å². The van der Waals surface area contributed by atoms with Crippen LogP contribution in [0.25, 0.3) is 0 Å². The first kappa shape index (κ1) is 43.7. The summed E-state index contributed by atoms with van der Waals surface area (Å²) >= 11 is 0. The van der Waals surface area contributed by atoms with E-state index in [9.17, 15) is 0 Å². The molecule has 0 spiro atoms. The molecule has 0 amide bonds. The van der Waals surface area contributed by atoms with Crippen LogP contribution in [0.15, 0.2) is 152 Å². The van der Waals surface area contributed by atoms with Gasteiger partial charge in [-0.3, -0.25) is 0 Å². The lowest BCUT2D eigenvalue weighted by Crippen LogP contribution is -1.96. The van der Waals surface area contributed by atoms with Gasteiger partial charge in [-0.15, -0.1) is 5.11 Å². The van der Waals surface area contributed by atoms with Crippen LogP contribution in [-0.4, -0.2) is 20.3 Å². The summed E-state index contributed by atoms with van der Waals surface area (Å²) in [6.45, 7) is 11.7. The van der Waals surface area contributed by atoms with Crippen LogP contribution in [-0.2, 0) is 0 Å². The van der Waals surface area contributed by atoms with Gasteiger partial charge in [-0.1, -0.05) is 39.5 Å². The highest BCUT2D eigenvalue weighted by Crippen LogP contribution is 2.38. The van der Waals surface area contributed by atoms with Crippen LogP contribution in [0.1, 0.15) is 69.1 Å². The highest BCUT2D eigenvalue weighted by Gasteiger charge is 2.10. The number of hydrogen-bond donors (Lipinski definition) is 0. The second-order valence-corrected chi connectivity index (χ2v) is 14.6. The maximum absolute atomic E-state index is 6.08. The standard InChI is InChI=1S/C50H54N6O5/c1-7-9-11-29-58-40-17-21-42(22-18-40)60-44-25-27-46(35(3)31-44)53-51-38-13-15-39(16-14-38)52-55-48-34-50(57-6)49(33-37(48)5)56-54-47-28-26-45(32-36(47)4)61-43-23-19-41(20-24-43)59-30-12-10-8-2/h13-28,31-34H,7-12,29-30H2,1-6H3/b53-51?,55-52+,56-54?. The van der Waals surface area contributed by atoms with Crippen molar-refractivity contribution in [3.05, 3.63) is 138 Å². The summed E-state index contributed by atoms with van der Waals surface area (Å²) in [5.41, 5.74) is 6.79. The predicted octanol–water partition coefficient (Wildman–Crippen LogP) is 16.6. The summed E-state index contributed by atoms with van der Waals surface area (Å²) < 4.78 is 29.4. The Morgan fingerprint density at radius 2 is 0.770 bits per heavy atom. The Morgan fingerprint density at radius 3 is 1.21 bits per heavy atom. The molecular weight excluding hydrogens is 765 g/mol. The molecule has 6 aromatic carbocycles. The van der Waals surface area contributed by atoms with Gasteiger partial charge in [-0.25, -0.2) is 0 Å². The van der Waals surface area contributed by atoms with Crippen molar-refractivity contribution in [2.24, 2.45) is 30.7 Å². The Bertz CT molecular complexity index is 2410. The van der Waals surface area contributed by atoms with E-state index < -0.39 is 0 Å². The molecule has 0 aliphatic rings. The maximum Gasteiger partial charge on any atom is 0.148 e. The average molecular weight is 819 g/mol. The van der Waals surface area contributed by atoms with Gasteiger partial charge in [-0.05, 0) is 166 Å². The number of aryl methyl sites for hydroxylation is 3. The molecule has 0 bridgehead atoms. The molecule has 6 rings (SSSR count). The SMILES string of the molecule is CCCCCOc1ccc(Oc2ccc(N=Nc3ccc(/N=N/c4cc(OC)c(N=Nc5ccc(Oc6ccc(OCCCCC)cc6)cc5C)cc4C)cc3)c(C)c2)cc1. The minimum absolute atomic E-state index is 0.529. The lowest BCUT2D eigenvalue weighted by molar-refractivity contribution is 0.305. The number of rotatable bonds is 21. The van der Waals surface area contributed by atoms with Gasteiger partial charge in [-0.2, -0.15) is 25.6 Å². The highest BCUT2D eigenvalue weighted by molar-refractivity contribution is 5.63. The zero-order valence-corrected chi connectivity index (χ0v) is 35.9. The fourth-order valence-corrected chi connectivity index (χ4v) is 6.10. The first-order valence-electron chi connectivity index (χ1n) is 20.9. The molecule has 61 heavy (non-hydrogen) atoms. The molecule has 0 aliphatic carbocycles. The fourth-order valence-electron chi connectivity index (χ4n) is 6.10. The molecule has 0 heterocycles. The number of azo groups is 3. The highest BCUT2D eigenvalue weighted by atomic mass is 16.5. The lowest BCUT2D eigenvalue weighted by Gasteiger charge is -2.10. The molecule has 6 aromatic rings. The molecule has 0 saturated heterocycles. The smallest absolute Gasteiger partial charge is 0.148 e. The van der Waals surface area contributed by atoms with Gasteiger partial charge in [0, 0.05) is 6.07 Å². The summed E-state index contributed by atoms with van der Waals surface area (Å²) in [7, 11) is 1.59. The van der Waals surface area contributed by atoms with E-state index in [4.69, 9.17) is 23.7 Å². The minimum Gasteiger partial charge on any atom is -0.494 e. The van der Waals surface area contributed by atoms with Gasteiger partial charge in [0.05, 0.1) is 48.8 Å². The molecule has 0 aromatic heterocycles. The van der Waals surface area contributed by atoms with E-state index in [-0.39, 0.29) is 0 Å². The van der Waals surface area contributed by atoms with Gasteiger partial charge < -0.3 is 23.7 Å². The van der Waals surface area contributed by atoms with E-state index in [0.717, 1.165) is 77.2 Å². The van der Waals surface area contributed by atoms with E-state index in [0.29, 0.717) is 39.9 Å². The number of unbranched alkanes of at least 4 members (excludes halogenated alkanes) is 4. The predicted molar refractivity (Wildman–Crippen MR) is 242 cm³/mol. The largest absolute Gasteiger partial charge is 0.494 e. The summed E-state index contributed by atoms with van der Waals surface area (Å²) in [5, 5.41) is 26.9. The van der Waals surface area contributed by atoms with Crippen LogP contribution in [0.2, 0.25) is 0 Å². The average Bonchev–Trinajstić information content (AvgIpc) is 3.27. The van der Waals surface area contributed by atoms with E-state index >= 15 is 0 Å². The Kier molecular flexibility index (Phi) is 16.1. The minimum atomic E-state index is 0.529. The summed E-state index contributed by atoms with van der Waals surface area (Å²) in [6.07, 6.45) is 6.78. The fraction of sp³-hybridized carbons (Fsp3) is 0.280. The van der Waals surface area contributed by atoms with Crippen molar-refractivity contribution in [3.8, 4) is 40.2 Å². The number of methoxy groups -OCH3 is 1. The van der Waals surface area contributed by atoms with Crippen molar-refractivity contribution in [2.45, 2.75) is 73.1 Å². The Balaban J connectivity index is 1.02. The summed E-state index contributed by atoms with van der Waals surface area (Å²) in [6, 6.07) is 37.9. The molecule has 0 aliphatic heterocycles. The zero-order valence-electron chi connectivity index (χ0n) is 35.9. The van der Waals surface area contributed by atoms with E-state index in [1.54, 1.807) is 13.2 Å². The van der Waals surface area contributed by atoms with Crippen LogP contribution in [0, 0.1) is 20.8 Å². The summed E-state index contributed by atoms with van der Waals surface area (Å²) in [5.74, 6) is 5.11. The summed E-state index contributed by atoms with van der Waals surface area (Å²) in [4.78, 5) is 0. The third kappa shape index (κ3) is 13.3. The molecule has 0 N–H and O–H groups in total. The van der Waals surface area contributed by atoms with Crippen molar-refractivity contribution in [1.82, 2.24) is 0 Å². The molecular formula is C50H54N6O5. The normalized spacial score (nSPS) is 11.4. The van der Waals surface area contributed by atoms with Gasteiger partial charge in [0.25, 0.3) is 0 Å². The van der Waals surface area contributed by atoms with Crippen molar-refractivity contribution in [1.29, 1.82) is 0 Å².